The second-order valence-electron chi connectivity index (χ2n) is 5.29. The third kappa shape index (κ3) is 2.91. The van der Waals surface area contributed by atoms with E-state index >= 15 is 0 Å². The zero-order chi connectivity index (χ0) is 14.8. The molecule has 1 atom stereocenters. The minimum Gasteiger partial charge on any atom is -0.441 e. The third-order valence-electron chi connectivity index (χ3n) is 3.63. The molecule has 2 heterocycles. The Morgan fingerprint density at radius 2 is 2.38 bits per heavy atom. The molecule has 1 saturated heterocycles. The summed E-state index contributed by atoms with van der Waals surface area (Å²) in [6, 6.07) is 5.26. The number of oxazole rings is 1. The molecule has 21 heavy (non-hydrogen) atoms. The molecule has 0 bridgehead atoms. The molecule has 1 N–H and O–H groups in total. The predicted octanol–water partition coefficient (Wildman–Crippen LogP) is 1.22. The first-order valence-corrected chi connectivity index (χ1v) is 7.02. The van der Waals surface area contributed by atoms with Crippen LogP contribution in [0.25, 0.3) is 11.1 Å². The Balaban J connectivity index is 1.84. The molecule has 1 amide bonds. The molecule has 2 aromatic rings. The van der Waals surface area contributed by atoms with Crippen molar-refractivity contribution in [3.05, 3.63) is 29.7 Å². The van der Waals surface area contributed by atoms with Crippen LogP contribution in [-0.2, 0) is 4.74 Å². The molecule has 3 rings (SSSR count). The first-order valence-electron chi connectivity index (χ1n) is 7.02. The number of fused-ring (bicyclic) bond motifs is 1. The van der Waals surface area contributed by atoms with Gasteiger partial charge in [-0.1, -0.05) is 0 Å². The van der Waals surface area contributed by atoms with Crippen molar-refractivity contribution in [2.24, 2.45) is 5.92 Å². The molecule has 0 aliphatic carbocycles. The number of ether oxygens (including phenoxy) is 1. The van der Waals surface area contributed by atoms with Crippen LogP contribution in [0.5, 0.6) is 0 Å². The van der Waals surface area contributed by atoms with Gasteiger partial charge in [-0.05, 0) is 18.2 Å². The highest BCUT2D eigenvalue weighted by atomic mass is 16.5. The van der Waals surface area contributed by atoms with Gasteiger partial charge in [-0.2, -0.15) is 0 Å². The van der Waals surface area contributed by atoms with Crippen molar-refractivity contribution in [2.75, 3.05) is 32.9 Å². The van der Waals surface area contributed by atoms with Crippen LogP contribution in [0.2, 0.25) is 0 Å². The van der Waals surface area contributed by atoms with Crippen molar-refractivity contribution < 1.29 is 19.1 Å². The van der Waals surface area contributed by atoms with Crippen LogP contribution in [-0.4, -0.2) is 53.8 Å². The number of carbonyl (C=O) groups excluding carboxylic acids is 1. The zero-order valence-corrected chi connectivity index (χ0v) is 11.9. The number of nitrogens with zero attached hydrogens (tertiary/aromatic N) is 2. The summed E-state index contributed by atoms with van der Waals surface area (Å²) in [7, 11) is 0. The summed E-state index contributed by atoms with van der Waals surface area (Å²) >= 11 is 0. The molecule has 1 aliphatic heterocycles. The number of hydrogen-bond donors (Lipinski definition) is 1. The number of aliphatic hydroxyl groups excluding tert-OH is 1. The van der Waals surface area contributed by atoms with E-state index in [-0.39, 0.29) is 18.4 Å². The van der Waals surface area contributed by atoms with Gasteiger partial charge in [0.05, 0.1) is 13.2 Å². The van der Waals surface area contributed by atoms with Crippen molar-refractivity contribution >= 4 is 17.0 Å². The summed E-state index contributed by atoms with van der Waals surface area (Å²) < 4.78 is 10.9. The van der Waals surface area contributed by atoms with Gasteiger partial charge in [0.2, 0.25) is 0 Å². The molecule has 1 unspecified atom stereocenters. The first kappa shape index (κ1) is 14.0. The Kier molecular flexibility index (Phi) is 3.90. The molecule has 0 saturated carbocycles. The number of amides is 1. The van der Waals surface area contributed by atoms with Crippen LogP contribution in [0, 0.1) is 12.8 Å². The van der Waals surface area contributed by atoms with Gasteiger partial charge in [-0.25, -0.2) is 4.98 Å². The molecule has 1 aromatic heterocycles. The number of benzene rings is 1. The van der Waals surface area contributed by atoms with Gasteiger partial charge >= 0.3 is 0 Å². The average molecular weight is 290 g/mol. The monoisotopic (exact) mass is 290 g/mol. The highest BCUT2D eigenvalue weighted by Crippen LogP contribution is 2.19. The minimum absolute atomic E-state index is 0.0180. The number of aliphatic hydroxyl groups is 1. The molecule has 6 nitrogen and oxygen atoms in total. The lowest BCUT2D eigenvalue weighted by atomic mass is 10.1. The number of aryl methyl sites for hydroxylation is 1. The van der Waals surface area contributed by atoms with Crippen molar-refractivity contribution in [1.29, 1.82) is 0 Å². The fraction of sp³-hybridized carbons (Fsp3) is 0.467. The smallest absolute Gasteiger partial charge is 0.254 e. The van der Waals surface area contributed by atoms with Gasteiger partial charge in [0.15, 0.2) is 11.5 Å². The Bertz CT molecular complexity index is 652. The number of carbonyl (C=O) groups is 1. The van der Waals surface area contributed by atoms with Gasteiger partial charge in [0.1, 0.15) is 5.52 Å². The highest BCUT2D eigenvalue weighted by Gasteiger charge is 2.23. The van der Waals surface area contributed by atoms with Crippen LogP contribution in [0.3, 0.4) is 0 Å². The largest absolute Gasteiger partial charge is 0.441 e. The summed E-state index contributed by atoms with van der Waals surface area (Å²) in [5.74, 6) is 0.473. The maximum absolute atomic E-state index is 12.6. The number of rotatable bonds is 2. The van der Waals surface area contributed by atoms with Gasteiger partial charge in [0, 0.05) is 38.1 Å². The van der Waals surface area contributed by atoms with Gasteiger partial charge in [0.25, 0.3) is 5.91 Å². The summed E-state index contributed by atoms with van der Waals surface area (Å²) in [5.41, 5.74) is 1.93. The van der Waals surface area contributed by atoms with E-state index in [0.29, 0.717) is 43.3 Å². The topological polar surface area (TPSA) is 75.8 Å². The molecule has 0 radical (unpaired) electrons. The van der Waals surface area contributed by atoms with Crippen molar-refractivity contribution in [3.63, 3.8) is 0 Å². The van der Waals surface area contributed by atoms with E-state index in [1.54, 1.807) is 30.0 Å². The first-order chi connectivity index (χ1) is 10.2. The van der Waals surface area contributed by atoms with Crippen molar-refractivity contribution in [3.8, 4) is 0 Å². The number of hydrogen-bond acceptors (Lipinski definition) is 5. The molecule has 0 spiro atoms. The maximum Gasteiger partial charge on any atom is 0.254 e. The molecular weight excluding hydrogens is 272 g/mol. The lowest BCUT2D eigenvalue weighted by Gasteiger charge is -2.22. The van der Waals surface area contributed by atoms with Crippen molar-refractivity contribution in [2.45, 2.75) is 6.92 Å². The van der Waals surface area contributed by atoms with E-state index in [4.69, 9.17) is 9.15 Å². The van der Waals surface area contributed by atoms with Gasteiger partial charge in [-0.3, -0.25) is 4.79 Å². The summed E-state index contributed by atoms with van der Waals surface area (Å²) in [6.07, 6.45) is 0. The van der Waals surface area contributed by atoms with E-state index in [1.807, 2.05) is 0 Å². The highest BCUT2D eigenvalue weighted by molar-refractivity contribution is 5.97. The normalized spacial score (nSPS) is 19.7. The second-order valence-corrected chi connectivity index (χ2v) is 5.29. The minimum atomic E-state index is -0.0742. The van der Waals surface area contributed by atoms with Crippen LogP contribution in [0.4, 0.5) is 0 Å². The molecule has 1 aromatic carbocycles. The summed E-state index contributed by atoms with van der Waals surface area (Å²) in [5, 5.41) is 9.29. The van der Waals surface area contributed by atoms with Crippen LogP contribution in [0.15, 0.2) is 22.6 Å². The van der Waals surface area contributed by atoms with Crippen LogP contribution in [0.1, 0.15) is 16.2 Å². The SMILES string of the molecule is Cc1nc2ccc(C(=O)N3CCOCC(CO)C3)cc2o1. The maximum atomic E-state index is 12.6. The lowest BCUT2D eigenvalue weighted by Crippen LogP contribution is -2.36. The fourth-order valence-corrected chi connectivity index (χ4v) is 2.53. The summed E-state index contributed by atoms with van der Waals surface area (Å²) in [6.45, 7) is 3.81. The number of aromatic nitrogens is 1. The predicted molar refractivity (Wildman–Crippen MR) is 76.0 cm³/mol. The van der Waals surface area contributed by atoms with Crippen molar-refractivity contribution in [1.82, 2.24) is 9.88 Å². The van der Waals surface area contributed by atoms with E-state index in [2.05, 4.69) is 4.98 Å². The van der Waals surface area contributed by atoms with Gasteiger partial charge in [-0.15, -0.1) is 0 Å². The Morgan fingerprint density at radius 3 is 3.19 bits per heavy atom. The Hall–Kier alpha value is -1.92. The Morgan fingerprint density at radius 1 is 1.52 bits per heavy atom. The third-order valence-corrected chi connectivity index (χ3v) is 3.63. The molecule has 6 heteroatoms. The molecule has 1 aliphatic rings. The van der Waals surface area contributed by atoms with Crippen LogP contribution < -0.4 is 0 Å². The molecule has 112 valence electrons. The average Bonchev–Trinajstić information content (AvgIpc) is 2.71. The molecular formula is C15H18N2O4. The molecule has 1 fully saturated rings. The Labute approximate surface area is 122 Å². The van der Waals surface area contributed by atoms with Gasteiger partial charge < -0.3 is 19.2 Å². The summed E-state index contributed by atoms with van der Waals surface area (Å²) in [4.78, 5) is 18.5. The fourth-order valence-electron chi connectivity index (χ4n) is 2.53. The zero-order valence-electron chi connectivity index (χ0n) is 11.9. The second kappa shape index (κ2) is 5.83. The van der Waals surface area contributed by atoms with E-state index in [9.17, 15) is 9.90 Å². The van der Waals surface area contributed by atoms with Crippen LogP contribution >= 0.6 is 0 Å². The van der Waals surface area contributed by atoms with E-state index < -0.39 is 0 Å². The quantitative estimate of drug-likeness (QED) is 0.900. The lowest BCUT2D eigenvalue weighted by molar-refractivity contribution is 0.0728. The van der Waals surface area contributed by atoms with E-state index in [1.165, 1.54) is 0 Å². The van der Waals surface area contributed by atoms with E-state index in [0.717, 1.165) is 5.52 Å². The standard InChI is InChI=1S/C15H18N2O4/c1-10-16-13-3-2-12(6-14(13)21-10)15(19)17-4-5-20-9-11(7-17)8-18/h2-3,6,11,18H,4-5,7-9H2,1H3.